The summed E-state index contributed by atoms with van der Waals surface area (Å²) >= 11 is 0. The maximum atomic E-state index is 12.2. The molecule has 24 heavy (non-hydrogen) atoms. The Labute approximate surface area is 144 Å². The Morgan fingerprint density at radius 2 is 2.08 bits per heavy atom. The van der Waals surface area contributed by atoms with Crippen molar-refractivity contribution < 1.29 is 19.3 Å². The van der Waals surface area contributed by atoms with Crippen molar-refractivity contribution in [1.29, 1.82) is 0 Å². The number of fused-ring (bicyclic) bond motifs is 1. The summed E-state index contributed by atoms with van der Waals surface area (Å²) in [6, 6.07) is 7.21. The average molecular weight is 331 g/mol. The lowest BCUT2D eigenvalue weighted by atomic mass is 10.1. The molecule has 5 nitrogen and oxygen atoms in total. The highest BCUT2D eigenvalue weighted by molar-refractivity contribution is 5.80. The van der Waals surface area contributed by atoms with Gasteiger partial charge in [-0.15, -0.1) is 0 Å². The highest BCUT2D eigenvalue weighted by Gasteiger charge is 2.33. The van der Waals surface area contributed by atoms with E-state index in [0.717, 1.165) is 64.3 Å². The molecule has 1 aromatic rings. The molecular weight excluding hydrogens is 302 g/mol. The number of hydrogen-bond acceptors (Lipinski definition) is 2. The van der Waals surface area contributed by atoms with Crippen molar-refractivity contribution in [2.75, 3.05) is 32.8 Å². The van der Waals surface area contributed by atoms with Crippen LogP contribution >= 0.6 is 0 Å². The summed E-state index contributed by atoms with van der Waals surface area (Å²) in [5.41, 5.74) is 2.78. The molecule has 0 radical (unpaired) electrons. The molecule has 2 aliphatic heterocycles. The van der Waals surface area contributed by atoms with E-state index in [0.29, 0.717) is 6.04 Å². The van der Waals surface area contributed by atoms with E-state index in [-0.39, 0.29) is 11.9 Å². The van der Waals surface area contributed by atoms with E-state index >= 15 is 0 Å². The number of piperazine rings is 1. The Kier molecular flexibility index (Phi) is 4.46. The second-order valence-electron chi connectivity index (χ2n) is 7.63. The Hall–Kier alpha value is -1.59. The smallest absolute Gasteiger partial charge is 0.278 e. The third-order valence-electron chi connectivity index (χ3n) is 5.74. The molecule has 130 valence electrons. The molecule has 1 aromatic carbocycles. The van der Waals surface area contributed by atoms with Gasteiger partial charge in [0, 0.05) is 18.0 Å². The fourth-order valence-electron chi connectivity index (χ4n) is 3.91. The third-order valence-corrected chi connectivity index (χ3v) is 5.74. The number of ether oxygens (including phenoxy) is 1. The summed E-state index contributed by atoms with van der Waals surface area (Å²) in [6.07, 6.45) is 3.37. The number of carbonyl (C=O) groups excluding carboxylic acids is 1. The van der Waals surface area contributed by atoms with E-state index < -0.39 is 0 Å². The molecule has 0 unspecified atom stereocenters. The number of quaternary nitrogens is 2. The molecule has 3 aliphatic rings. The number of hydrogen-bond donors (Lipinski definition) is 3. The Morgan fingerprint density at radius 1 is 1.29 bits per heavy atom. The Morgan fingerprint density at radius 3 is 2.83 bits per heavy atom. The lowest BCUT2D eigenvalue weighted by Crippen LogP contribution is -3.29. The standard InChI is InChI=1S/C19H27N3O2/c1-14(19(23)20-17-3-4-17)22-9-7-21(8-10-22)13-15-2-5-18-16(12-15)6-11-24-18/h2,5,12,14,17H,3-4,6-11,13H2,1H3,(H,20,23)/p+2/t14-/m1/s1. The van der Waals surface area contributed by atoms with Crippen LogP contribution in [0.15, 0.2) is 18.2 Å². The van der Waals surface area contributed by atoms with Gasteiger partial charge in [-0.05, 0) is 43.5 Å². The molecular formula is C19H29N3O2+2. The molecule has 2 heterocycles. The van der Waals surface area contributed by atoms with Gasteiger partial charge in [0.2, 0.25) is 0 Å². The molecule has 5 heteroatoms. The highest BCUT2D eigenvalue weighted by Crippen LogP contribution is 2.25. The average Bonchev–Trinajstić information content (AvgIpc) is 3.29. The quantitative estimate of drug-likeness (QED) is 0.620. The Bertz CT molecular complexity index is 607. The number of rotatable bonds is 5. The van der Waals surface area contributed by atoms with Gasteiger partial charge in [0.15, 0.2) is 6.04 Å². The van der Waals surface area contributed by atoms with E-state index in [4.69, 9.17) is 4.74 Å². The van der Waals surface area contributed by atoms with Gasteiger partial charge < -0.3 is 19.9 Å². The van der Waals surface area contributed by atoms with Gasteiger partial charge in [-0.25, -0.2) is 0 Å². The lowest BCUT2D eigenvalue weighted by molar-refractivity contribution is -1.02. The highest BCUT2D eigenvalue weighted by atomic mass is 16.5. The summed E-state index contributed by atoms with van der Waals surface area (Å²) in [6.45, 7) is 8.45. The van der Waals surface area contributed by atoms with Crippen LogP contribution in [-0.4, -0.2) is 50.8 Å². The van der Waals surface area contributed by atoms with Crippen molar-refractivity contribution in [3.8, 4) is 5.75 Å². The normalized spacial score (nSPS) is 27.2. The maximum Gasteiger partial charge on any atom is 0.278 e. The van der Waals surface area contributed by atoms with Crippen LogP contribution in [0.4, 0.5) is 0 Å². The SMILES string of the molecule is C[C@H](C(=O)NC1CC1)[NH+]1CC[NH+](Cc2ccc3c(c2)CCO3)CC1. The molecule has 1 saturated carbocycles. The molecule has 1 atom stereocenters. The van der Waals surface area contributed by atoms with Gasteiger partial charge in [0.25, 0.3) is 5.91 Å². The van der Waals surface area contributed by atoms with Gasteiger partial charge in [0.1, 0.15) is 38.5 Å². The topological polar surface area (TPSA) is 47.2 Å². The van der Waals surface area contributed by atoms with Crippen LogP contribution in [0.5, 0.6) is 5.75 Å². The van der Waals surface area contributed by atoms with Crippen molar-refractivity contribution in [2.24, 2.45) is 0 Å². The molecule has 4 rings (SSSR count). The molecule has 0 aromatic heterocycles. The zero-order valence-electron chi connectivity index (χ0n) is 14.6. The first-order valence-corrected chi connectivity index (χ1v) is 9.42. The van der Waals surface area contributed by atoms with Crippen molar-refractivity contribution >= 4 is 5.91 Å². The minimum absolute atomic E-state index is 0.0873. The third kappa shape index (κ3) is 3.57. The van der Waals surface area contributed by atoms with Crippen LogP contribution in [-0.2, 0) is 17.8 Å². The van der Waals surface area contributed by atoms with Crippen molar-refractivity contribution in [1.82, 2.24) is 5.32 Å². The molecule has 1 saturated heterocycles. The molecule has 0 bridgehead atoms. The second kappa shape index (κ2) is 6.73. The van der Waals surface area contributed by atoms with Crippen LogP contribution in [0.1, 0.15) is 30.9 Å². The largest absolute Gasteiger partial charge is 0.493 e. The fourth-order valence-corrected chi connectivity index (χ4v) is 3.91. The van der Waals surface area contributed by atoms with Gasteiger partial charge in [-0.2, -0.15) is 0 Å². The molecule has 1 amide bonds. The zero-order valence-corrected chi connectivity index (χ0v) is 14.6. The zero-order chi connectivity index (χ0) is 16.5. The summed E-state index contributed by atoms with van der Waals surface area (Å²) in [4.78, 5) is 15.3. The summed E-state index contributed by atoms with van der Waals surface area (Å²) in [5, 5.41) is 3.15. The van der Waals surface area contributed by atoms with Gasteiger partial charge in [0.05, 0.1) is 6.61 Å². The molecule has 1 aliphatic carbocycles. The predicted octanol–water partition coefficient (Wildman–Crippen LogP) is -1.43. The van der Waals surface area contributed by atoms with Crippen LogP contribution < -0.4 is 19.9 Å². The number of amides is 1. The maximum absolute atomic E-state index is 12.2. The number of benzene rings is 1. The van der Waals surface area contributed by atoms with Crippen LogP contribution in [0, 0.1) is 0 Å². The molecule has 2 fully saturated rings. The van der Waals surface area contributed by atoms with E-state index in [9.17, 15) is 4.79 Å². The number of carbonyl (C=O) groups is 1. The first kappa shape index (κ1) is 15.9. The van der Waals surface area contributed by atoms with E-state index in [1.54, 1.807) is 4.90 Å². The summed E-state index contributed by atoms with van der Waals surface area (Å²) in [7, 11) is 0. The summed E-state index contributed by atoms with van der Waals surface area (Å²) in [5.74, 6) is 1.31. The second-order valence-corrected chi connectivity index (χ2v) is 7.63. The van der Waals surface area contributed by atoms with Crippen LogP contribution in [0.2, 0.25) is 0 Å². The fraction of sp³-hybridized carbons (Fsp3) is 0.632. The van der Waals surface area contributed by atoms with Crippen molar-refractivity contribution in [2.45, 2.75) is 44.8 Å². The molecule has 0 spiro atoms. The first-order valence-electron chi connectivity index (χ1n) is 9.42. The minimum Gasteiger partial charge on any atom is -0.493 e. The van der Waals surface area contributed by atoms with E-state index in [1.165, 1.54) is 16.0 Å². The first-order chi connectivity index (χ1) is 11.7. The van der Waals surface area contributed by atoms with E-state index in [1.807, 2.05) is 0 Å². The predicted molar refractivity (Wildman–Crippen MR) is 91.4 cm³/mol. The van der Waals surface area contributed by atoms with Crippen molar-refractivity contribution in [3.05, 3.63) is 29.3 Å². The lowest BCUT2D eigenvalue weighted by Gasteiger charge is -2.32. The van der Waals surface area contributed by atoms with Crippen LogP contribution in [0.3, 0.4) is 0 Å². The monoisotopic (exact) mass is 331 g/mol. The summed E-state index contributed by atoms with van der Waals surface area (Å²) < 4.78 is 5.59. The van der Waals surface area contributed by atoms with E-state index in [2.05, 4.69) is 30.4 Å². The van der Waals surface area contributed by atoms with Gasteiger partial charge in [-0.3, -0.25) is 4.79 Å². The minimum atomic E-state index is 0.0873. The Balaban J connectivity index is 1.27. The van der Waals surface area contributed by atoms with Gasteiger partial charge in [-0.1, -0.05) is 0 Å². The number of nitrogens with one attached hydrogen (secondary N) is 3. The van der Waals surface area contributed by atoms with Gasteiger partial charge >= 0.3 is 0 Å². The van der Waals surface area contributed by atoms with Crippen LogP contribution in [0.25, 0.3) is 0 Å². The van der Waals surface area contributed by atoms with Crippen molar-refractivity contribution in [3.63, 3.8) is 0 Å². The molecule has 3 N–H and O–H groups in total.